The minimum Gasteiger partial charge on any atom is -0.385 e. The third-order valence-electron chi connectivity index (χ3n) is 2.45. The van der Waals surface area contributed by atoms with Crippen LogP contribution in [0, 0.1) is 6.92 Å². The molecule has 1 aromatic rings. The van der Waals surface area contributed by atoms with Crippen molar-refractivity contribution in [3.05, 3.63) is 29.3 Å². The topological polar surface area (TPSA) is 41.1 Å². The lowest BCUT2D eigenvalue weighted by Crippen LogP contribution is -2.24. The minimum absolute atomic E-state index is 0.149. The Bertz CT molecular complexity index is 380. The maximum Gasteiger partial charge on any atom is 0.251 e. The normalized spacial score (nSPS) is 10.1. The number of carbonyl (C=O) groups excluding carboxylic acids is 1. The molecule has 1 aromatic carbocycles. The zero-order valence-corrected chi connectivity index (χ0v) is 10.3. The SMILES string of the molecule is CCNc1ccc(C(=O)NCCCF)cc1C. The molecule has 0 radical (unpaired) electrons. The van der Waals surface area contributed by atoms with Gasteiger partial charge in [0.05, 0.1) is 6.67 Å². The Kier molecular flexibility index (Phi) is 5.46. The summed E-state index contributed by atoms with van der Waals surface area (Å²) in [5.74, 6) is -0.149. The molecule has 4 heteroatoms. The van der Waals surface area contributed by atoms with Crippen molar-refractivity contribution in [3.63, 3.8) is 0 Å². The van der Waals surface area contributed by atoms with Gasteiger partial charge in [-0.3, -0.25) is 9.18 Å². The van der Waals surface area contributed by atoms with Gasteiger partial charge >= 0.3 is 0 Å². The van der Waals surface area contributed by atoms with Gasteiger partial charge in [0.1, 0.15) is 0 Å². The number of halogens is 1. The fraction of sp³-hybridized carbons (Fsp3) is 0.462. The van der Waals surface area contributed by atoms with Crippen molar-refractivity contribution >= 4 is 11.6 Å². The Labute approximate surface area is 101 Å². The molecule has 2 N–H and O–H groups in total. The van der Waals surface area contributed by atoms with E-state index in [0.717, 1.165) is 17.8 Å². The highest BCUT2D eigenvalue weighted by Gasteiger charge is 2.06. The third-order valence-corrected chi connectivity index (χ3v) is 2.45. The van der Waals surface area contributed by atoms with E-state index in [-0.39, 0.29) is 5.91 Å². The van der Waals surface area contributed by atoms with Crippen LogP contribution in [0.15, 0.2) is 18.2 Å². The number of benzene rings is 1. The van der Waals surface area contributed by atoms with Crippen molar-refractivity contribution in [2.75, 3.05) is 25.1 Å². The Morgan fingerprint density at radius 2 is 2.18 bits per heavy atom. The second kappa shape index (κ2) is 6.89. The molecule has 17 heavy (non-hydrogen) atoms. The predicted molar refractivity (Wildman–Crippen MR) is 68.3 cm³/mol. The van der Waals surface area contributed by atoms with E-state index in [4.69, 9.17) is 0 Å². The summed E-state index contributed by atoms with van der Waals surface area (Å²) >= 11 is 0. The van der Waals surface area contributed by atoms with E-state index < -0.39 is 6.67 Å². The predicted octanol–water partition coefficient (Wildman–Crippen LogP) is 2.52. The number of nitrogens with one attached hydrogen (secondary N) is 2. The second-order valence-electron chi connectivity index (χ2n) is 3.86. The van der Waals surface area contributed by atoms with Gasteiger partial charge < -0.3 is 10.6 Å². The van der Waals surface area contributed by atoms with E-state index in [1.807, 2.05) is 26.0 Å². The first-order valence-electron chi connectivity index (χ1n) is 5.87. The molecule has 94 valence electrons. The van der Waals surface area contributed by atoms with E-state index in [9.17, 15) is 9.18 Å². The fourth-order valence-corrected chi connectivity index (χ4v) is 1.56. The maximum absolute atomic E-state index is 11.9. The van der Waals surface area contributed by atoms with E-state index >= 15 is 0 Å². The second-order valence-corrected chi connectivity index (χ2v) is 3.86. The van der Waals surface area contributed by atoms with Crippen LogP contribution < -0.4 is 10.6 Å². The van der Waals surface area contributed by atoms with E-state index in [1.54, 1.807) is 6.07 Å². The summed E-state index contributed by atoms with van der Waals surface area (Å²) < 4.78 is 11.9. The van der Waals surface area contributed by atoms with Crippen molar-refractivity contribution in [1.82, 2.24) is 5.32 Å². The lowest BCUT2D eigenvalue weighted by Gasteiger charge is -2.09. The van der Waals surface area contributed by atoms with Crippen LogP contribution in [-0.2, 0) is 0 Å². The molecule has 0 aliphatic heterocycles. The van der Waals surface area contributed by atoms with Gasteiger partial charge in [-0.1, -0.05) is 0 Å². The maximum atomic E-state index is 11.9. The van der Waals surface area contributed by atoms with Crippen molar-refractivity contribution in [2.24, 2.45) is 0 Å². The number of rotatable bonds is 6. The average molecular weight is 238 g/mol. The van der Waals surface area contributed by atoms with Crippen LogP contribution in [0.2, 0.25) is 0 Å². The molecule has 3 nitrogen and oxygen atoms in total. The molecule has 0 aromatic heterocycles. The number of hydrogen-bond donors (Lipinski definition) is 2. The van der Waals surface area contributed by atoms with Gasteiger partial charge in [-0.2, -0.15) is 0 Å². The van der Waals surface area contributed by atoms with Crippen LogP contribution in [0.1, 0.15) is 29.3 Å². The molecular weight excluding hydrogens is 219 g/mol. The third kappa shape index (κ3) is 4.06. The van der Waals surface area contributed by atoms with Crippen LogP contribution in [0.5, 0.6) is 0 Å². The number of carbonyl (C=O) groups is 1. The Morgan fingerprint density at radius 1 is 1.41 bits per heavy atom. The van der Waals surface area contributed by atoms with Crippen LogP contribution in [0.3, 0.4) is 0 Å². The molecule has 1 amide bonds. The zero-order chi connectivity index (χ0) is 12.7. The molecular formula is C13H19FN2O. The summed E-state index contributed by atoms with van der Waals surface area (Å²) in [4.78, 5) is 11.7. The van der Waals surface area contributed by atoms with Gasteiger partial charge in [0.2, 0.25) is 0 Å². The molecule has 0 unspecified atom stereocenters. The first-order chi connectivity index (χ1) is 8.19. The van der Waals surface area contributed by atoms with Crippen LogP contribution in [-0.4, -0.2) is 25.7 Å². The van der Waals surface area contributed by atoms with Gasteiger partial charge in [0.25, 0.3) is 5.91 Å². The summed E-state index contributed by atoms with van der Waals surface area (Å²) in [6.45, 7) is 4.80. The fourth-order valence-electron chi connectivity index (χ4n) is 1.56. The highest BCUT2D eigenvalue weighted by molar-refractivity contribution is 5.94. The van der Waals surface area contributed by atoms with Crippen LogP contribution in [0.4, 0.5) is 10.1 Å². The first kappa shape index (κ1) is 13.5. The van der Waals surface area contributed by atoms with Gasteiger partial charge in [0, 0.05) is 24.3 Å². The van der Waals surface area contributed by atoms with E-state index in [2.05, 4.69) is 10.6 Å². The summed E-state index contributed by atoms with van der Waals surface area (Å²) in [7, 11) is 0. The highest BCUT2D eigenvalue weighted by Crippen LogP contribution is 2.16. The lowest BCUT2D eigenvalue weighted by atomic mass is 10.1. The molecule has 0 aliphatic carbocycles. The molecule has 0 heterocycles. The number of amides is 1. The minimum atomic E-state index is -0.404. The summed E-state index contributed by atoms with van der Waals surface area (Å²) in [5.41, 5.74) is 2.68. The summed E-state index contributed by atoms with van der Waals surface area (Å²) in [5, 5.41) is 5.89. The molecule has 0 bridgehead atoms. The van der Waals surface area contributed by atoms with E-state index in [1.165, 1.54) is 0 Å². The number of anilines is 1. The van der Waals surface area contributed by atoms with Crippen molar-refractivity contribution in [2.45, 2.75) is 20.3 Å². The first-order valence-corrected chi connectivity index (χ1v) is 5.87. The lowest BCUT2D eigenvalue weighted by molar-refractivity contribution is 0.0952. The molecule has 0 saturated heterocycles. The number of alkyl halides is 1. The smallest absolute Gasteiger partial charge is 0.251 e. The zero-order valence-electron chi connectivity index (χ0n) is 10.3. The monoisotopic (exact) mass is 238 g/mol. The molecule has 1 rings (SSSR count). The van der Waals surface area contributed by atoms with Gasteiger partial charge in [-0.15, -0.1) is 0 Å². The largest absolute Gasteiger partial charge is 0.385 e. The van der Waals surface area contributed by atoms with E-state index in [0.29, 0.717) is 18.5 Å². The molecule has 0 saturated carbocycles. The Morgan fingerprint density at radius 3 is 2.76 bits per heavy atom. The van der Waals surface area contributed by atoms with Crippen molar-refractivity contribution in [3.8, 4) is 0 Å². The van der Waals surface area contributed by atoms with Crippen molar-refractivity contribution in [1.29, 1.82) is 0 Å². The Balaban J connectivity index is 2.65. The van der Waals surface area contributed by atoms with Crippen molar-refractivity contribution < 1.29 is 9.18 Å². The molecule has 0 fully saturated rings. The standard InChI is InChI=1S/C13H19FN2O/c1-3-15-12-6-5-11(9-10(12)2)13(17)16-8-4-7-14/h5-6,9,15H,3-4,7-8H2,1-2H3,(H,16,17). The van der Waals surface area contributed by atoms with Gasteiger partial charge in [0.15, 0.2) is 0 Å². The number of aryl methyl sites for hydroxylation is 1. The molecule has 0 aliphatic rings. The quantitative estimate of drug-likeness (QED) is 0.748. The average Bonchev–Trinajstić information content (AvgIpc) is 2.32. The summed E-state index contributed by atoms with van der Waals surface area (Å²) in [6, 6.07) is 5.50. The molecule has 0 spiro atoms. The highest BCUT2D eigenvalue weighted by atomic mass is 19.1. The van der Waals surface area contributed by atoms with Crippen LogP contribution >= 0.6 is 0 Å². The Hall–Kier alpha value is -1.58. The summed E-state index contributed by atoms with van der Waals surface area (Å²) in [6.07, 6.45) is 0.361. The van der Waals surface area contributed by atoms with Gasteiger partial charge in [-0.25, -0.2) is 0 Å². The van der Waals surface area contributed by atoms with Gasteiger partial charge in [-0.05, 0) is 44.0 Å². The molecule has 0 atom stereocenters. The van der Waals surface area contributed by atoms with Crippen LogP contribution in [0.25, 0.3) is 0 Å². The number of hydrogen-bond acceptors (Lipinski definition) is 2.